The van der Waals surface area contributed by atoms with Crippen LogP contribution >= 0.6 is 0 Å². The molecule has 7 nitrogen and oxygen atoms in total. The first-order chi connectivity index (χ1) is 13.1. The number of esters is 1. The molecule has 4 rings (SSSR count). The molecule has 7 heteroatoms. The zero-order chi connectivity index (χ0) is 19.0. The molecule has 0 spiro atoms. The van der Waals surface area contributed by atoms with Gasteiger partial charge in [0, 0.05) is 13.1 Å². The van der Waals surface area contributed by atoms with E-state index in [0.29, 0.717) is 25.7 Å². The summed E-state index contributed by atoms with van der Waals surface area (Å²) in [5, 5.41) is 0. The van der Waals surface area contributed by atoms with Crippen LogP contribution in [0.3, 0.4) is 0 Å². The molecule has 144 valence electrons. The van der Waals surface area contributed by atoms with Crippen molar-refractivity contribution in [2.45, 2.75) is 45.9 Å². The van der Waals surface area contributed by atoms with Crippen LogP contribution < -0.4 is 0 Å². The second kappa shape index (κ2) is 7.31. The molecule has 1 saturated heterocycles. The molecule has 27 heavy (non-hydrogen) atoms. The second-order valence-corrected chi connectivity index (χ2v) is 7.36. The molecule has 1 aromatic carbocycles. The van der Waals surface area contributed by atoms with Gasteiger partial charge in [0.05, 0.1) is 30.3 Å². The molecule has 0 saturated carbocycles. The van der Waals surface area contributed by atoms with Crippen LogP contribution in [0.5, 0.6) is 0 Å². The van der Waals surface area contributed by atoms with Gasteiger partial charge in [0.25, 0.3) is 0 Å². The topological polar surface area (TPSA) is 73.7 Å². The number of benzene rings is 1. The Kier molecular flexibility index (Phi) is 4.86. The van der Waals surface area contributed by atoms with E-state index in [4.69, 9.17) is 14.5 Å². The molecular formula is C20H25N3O4. The van der Waals surface area contributed by atoms with Crippen molar-refractivity contribution >= 4 is 22.9 Å². The maximum atomic E-state index is 12.7. The van der Waals surface area contributed by atoms with Crippen molar-refractivity contribution in [3.05, 3.63) is 29.6 Å². The third-order valence-electron chi connectivity index (χ3n) is 5.45. The van der Waals surface area contributed by atoms with E-state index in [0.717, 1.165) is 41.8 Å². The van der Waals surface area contributed by atoms with Crippen molar-refractivity contribution in [3.8, 4) is 0 Å². The summed E-state index contributed by atoms with van der Waals surface area (Å²) in [5.74, 6) is -0.0242. The minimum atomic E-state index is -0.771. The Balaban J connectivity index is 1.67. The lowest BCUT2D eigenvalue weighted by atomic mass is 9.89. The highest BCUT2D eigenvalue weighted by Gasteiger charge is 2.35. The highest BCUT2D eigenvalue weighted by atomic mass is 16.5. The lowest BCUT2D eigenvalue weighted by molar-refractivity contribution is -0.162. The number of carbonyl (C=O) groups excluding carboxylic acids is 2. The Morgan fingerprint density at radius 1 is 1.33 bits per heavy atom. The Labute approximate surface area is 158 Å². The Morgan fingerprint density at radius 2 is 2.19 bits per heavy atom. The molecule has 0 N–H and O–H groups in total. The molecule has 1 unspecified atom stereocenters. The molecule has 0 bridgehead atoms. The predicted octanol–water partition coefficient (Wildman–Crippen LogP) is 2.43. The van der Waals surface area contributed by atoms with Gasteiger partial charge in [0.15, 0.2) is 0 Å². The summed E-state index contributed by atoms with van der Waals surface area (Å²) in [4.78, 5) is 31.1. The molecule has 1 aromatic heterocycles. The standard InChI is InChI=1S/C20H25N3O4/c1-3-27-20(25)19(24)23-11-13(2)4-6-16(23)14-5-7-17-15(10-14)21-18-12-26-9-8-22(17)18/h5,7,10,13,16H,3-4,6,8-9,11-12H2,1-2H3/t13-,16?/m0/s1. The minimum absolute atomic E-state index is 0.127. The number of aromatic nitrogens is 2. The summed E-state index contributed by atoms with van der Waals surface area (Å²) in [6, 6.07) is 6.04. The fourth-order valence-corrected chi connectivity index (χ4v) is 4.12. The van der Waals surface area contributed by atoms with Gasteiger partial charge >= 0.3 is 11.9 Å². The fourth-order valence-electron chi connectivity index (χ4n) is 4.12. The molecule has 0 radical (unpaired) electrons. The van der Waals surface area contributed by atoms with Gasteiger partial charge in [-0.2, -0.15) is 0 Å². The lowest BCUT2D eigenvalue weighted by Crippen LogP contribution is -2.45. The van der Waals surface area contributed by atoms with Crippen LogP contribution in [0.15, 0.2) is 18.2 Å². The van der Waals surface area contributed by atoms with Crippen LogP contribution in [0.25, 0.3) is 11.0 Å². The zero-order valence-electron chi connectivity index (χ0n) is 15.8. The maximum absolute atomic E-state index is 12.7. The monoisotopic (exact) mass is 371 g/mol. The number of likely N-dealkylation sites (tertiary alicyclic amines) is 1. The normalized spacial score (nSPS) is 22.5. The summed E-state index contributed by atoms with van der Waals surface area (Å²) in [7, 11) is 0. The Bertz CT molecular complexity index is 875. The van der Waals surface area contributed by atoms with Crippen LogP contribution in [0.4, 0.5) is 0 Å². The third-order valence-corrected chi connectivity index (χ3v) is 5.45. The molecule has 2 atom stereocenters. The molecule has 0 aliphatic carbocycles. The first kappa shape index (κ1) is 18.0. The van der Waals surface area contributed by atoms with E-state index in [9.17, 15) is 9.59 Å². The van der Waals surface area contributed by atoms with E-state index >= 15 is 0 Å². The summed E-state index contributed by atoms with van der Waals surface area (Å²) in [6.45, 7) is 6.61. The Morgan fingerprint density at radius 3 is 3.00 bits per heavy atom. The Hall–Kier alpha value is -2.41. The highest BCUT2D eigenvalue weighted by molar-refractivity contribution is 6.32. The van der Waals surface area contributed by atoms with Crippen LogP contribution in [0.1, 0.15) is 44.1 Å². The van der Waals surface area contributed by atoms with Crippen molar-refractivity contribution < 1.29 is 19.1 Å². The number of carbonyl (C=O) groups is 2. The molecule has 2 aliphatic heterocycles. The number of rotatable bonds is 2. The van der Waals surface area contributed by atoms with Crippen molar-refractivity contribution in [3.63, 3.8) is 0 Å². The molecular weight excluding hydrogens is 346 g/mol. The number of hydrogen-bond acceptors (Lipinski definition) is 5. The minimum Gasteiger partial charge on any atom is -0.459 e. The van der Waals surface area contributed by atoms with Gasteiger partial charge in [-0.25, -0.2) is 9.78 Å². The number of nitrogens with zero attached hydrogens (tertiary/aromatic N) is 3. The van der Waals surface area contributed by atoms with Crippen molar-refractivity contribution in [2.75, 3.05) is 19.8 Å². The second-order valence-electron chi connectivity index (χ2n) is 7.36. The van der Waals surface area contributed by atoms with Gasteiger partial charge in [0.1, 0.15) is 12.4 Å². The molecule has 2 aliphatic rings. The van der Waals surface area contributed by atoms with Crippen molar-refractivity contribution in [1.29, 1.82) is 0 Å². The van der Waals surface area contributed by atoms with Gasteiger partial charge in [-0.3, -0.25) is 4.79 Å². The van der Waals surface area contributed by atoms with E-state index in [-0.39, 0.29) is 12.6 Å². The van der Waals surface area contributed by atoms with E-state index in [1.807, 2.05) is 6.07 Å². The van der Waals surface area contributed by atoms with E-state index in [1.165, 1.54) is 0 Å². The van der Waals surface area contributed by atoms with Crippen LogP contribution in [-0.4, -0.2) is 46.1 Å². The average Bonchev–Trinajstić information content (AvgIpc) is 3.05. The highest BCUT2D eigenvalue weighted by Crippen LogP contribution is 2.35. The number of amides is 1. The summed E-state index contributed by atoms with van der Waals surface area (Å²) in [5.41, 5.74) is 3.02. The van der Waals surface area contributed by atoms with Crippen LogP contribution in [0.2, 0.25) is 0 Å². The molecule has 2 aromatic rings. The number of ether oxygens (including phenoxy) is 2. The van der Waals surface area contributed by atoms with E-state index in [1.54, 1.807) is 11.8 Å². The van der Waals surface area contributed by atoms with Gasteiger partial charge in [-0.1, -0.05) is 13.0 Å². The third kappa shape index (κ3) is 3.32. The molecule has 1 fully saturated rings. The van der Waals surface area contributed by atoms with Crippen molar-refractivity contribution in [2.24, 2.45) is 5.92 Å². The fraction of sp³-hybridized carbons (Fsp3) is 0.550. The summed E-state index contributed by atoms with van der Waals surface area (Å²) < 4.78 is 12.6. The first-order valence-corrected chi connectivity index (χ1v) is 9.63. The first-order valence-electron chi connectivity index (χ1n) is 9.63. The SMILES string of the molecule is CCOC(=O)C(=O)N1C[C@@H](C)CCC1c1ccc2c(c1)nc1n2CCOC1. The smallest absolute Gasteiger partial charge is 0.397 e. The van der Waals surface area contributed by atoms with E-state index < -0.39 is 11.9 Å². The number of hydrogen-bond donors (Lipinski definition) is 0. The van der Waals surface area contributed by atoms with E-state index in [2.05, 4.69) is 23.6 Å². The average molecular weight is 371 g/mol. The maximum Gasteiger partial charge on any atom is 0.397 e. The van der Waals surface area contributed by atoms with Gasteiger partial charge < -0.3 is 18.9 Å². The molecule has 1 amide bonds. The van der Waals surface area contributed by atoms with Crippen LogP contribution in [-0.2, 0) is 32.2 Å². The summed E-state index contributed by atoms with van der Waals surface area (Å²) in [6.07, 6.45) is 1.84. The quantitative estimate of drug-likeness (QED) is 0.599. The number of piperidine rings is 1. The summed E-state index contributed by atoms with van der Waals surface area (Å²) >= 11 is 0. The van der Waals surface area contributed by atoms with Gasteiger partial charge in [0.2, 0.25) is 0 Å². The molecule has 3 heterocycles. The zero-order valence-corrected chi connectivity index (χ0v) is 15.8. The largest absolute Gasteiger partial charge is 0.459 e. The number of fused-ring (bicyclic) bond motifs is 3. The van der Waals surface area contributed by atoms with Crippen molar-refractivity contribution in [1.82, 2.24) is 14.5 Å². The predicted molar refractivity (Wildman–Crippen MR) is 98.9 cm³/mol. The van der Waals surface area contributed by atoms with Gasteiger partial charge in [-0.15, -0.1) is 0 Å². The van der Waals surface area contributed by atoms with Gasteiger partial charge in [-0.05, 0) is 43.4 Å². The number of imidazole rings is 1. The lowest BCUT2D eigenvalue weighted by Gasteiger charge is -2.38. The van der Waals surface area contributed by atoms with Crippen LogP contribution in [0, 0.1) is 5.92 Å².